The fourth-order valence-corrected chi connectivity index (χ4v) is 2.42. The van der Waals surface area contributed by atoms with Crippen LogP contribution >= 0.6 is 0 Å². The van der Waals surface area contributed by atoms with Gasteiger partial charge in [0.15, 0.2) is 0 Å². The Bertz CT molecular complexity index is 492. The first-order chi connectivity index (χ1) is 10.6. The summed E-state index contributed by atoms with van der Waals surface area (Å²) in [7, 11) is 0. The predicted molar refractivity (Wildman–Crippen MR) is 82.3 cm³/mol. The molecular formula is C17H24O5. The van der Waals surface area contributed by atoms with Gasteiger partial charge in [0, 0.05) is 18.9 Å². The van der Waals surface area contributed by atoms with Crippen LogP contribution in [0.15, 0.2) is 24.3 Å². The van der Waals surface area contributed by atoms with Crippen molar-refractivity contribution in [3.05, 3.63) is 24.3 Å². The molecule has 0 N–H and O–H groups in total. The highest BCUT2D eigenvalue weighted by atomic mass is 16.6. The zero-order chi connectivity index (χ0) is 16.0. The average molecular weight is 308 g/mol. The molecule has 0 radical (unpaired) electrons. The van der Waals surface area contributed by atoms with Crippen molar-refractivity contribution in [2.24, 2.45) is 0 Å². The van der Waals surface area contributed by atoms with Crippen LogP contribution in [0, 0.1) is 0 Å². The predicted octanol–water partition coefficient (Wildman–Crippen LogP) is 2.96. The quantitative estimate of drug-likeness (QED) is 0.756. The average Bonchev–Trinajstić information content (AvgIpc) is 2.48. The van der Waals surface area contributed by atoms with Crippen LogP contribution in [-0.4, -0.2) is 37.5 Å². The Kier molecular flexibility index (Phi) is 5.66. The number of hydrogen-bond acceptors (Lipinski definition) is 5. The highest BCUT2D eigenvalue weighted by Gasteiger charge is 2.44. The maximum atomic E-state index is 12.4. The minimum absolute atomic E-state index is 0.0809. The summed E-state index contributed by atoms with van der Waals surface area (Å²) < 4.78 is 22.3. The minimum atomic E-state index is -0.968. The molecule has 1 aromatic rings. The molecule has 0 bridgehead atoms. The van der Waals surface area contributed by atoms with E-state index in [1.165, 1.54) is 0 Å². The number of ether oxygens (including phenoxy) is 4. The largest absolute Gasteiger partial charge is 0.491 e. The maximum Gasteiger partial charge on any atom is 0.350 e. The molecule has 122 valence electrons. The smallest absolute Gasteiger partial charge is 0.350 e. The lowest BCUT2D eigenvalue weighted by Gasteiger charge is -2.35. The summed E-state index contributed by atoms with van der Waals surface area (Å²) in [6.45, 7) is 7.03. The first-order valence-electron chi connectivity index (χ1n) is 7.76. The molecule has 1 heterocycles. The number of benzene rings is 1. The van der Waals surface area contributed by atoms with Crippen molar-refractivity contribution in [3.8, 4) is 11.5 Å². The molecule has 0 unspecified atom stereocenters. The van der Waals surface area contributed by atoms with Crippen LogP contribution in [0.4, 0.5) is 0 Å². The summed E-state index contributed by atoms with van der Waals surface area (Å²) in [5, 5.41) is 0. The minimum Gasteiger partial charge on any atom is -0.491 e. The van der Waals surface area contributed by atoms with Gasteiger partial charge >= 0.3 is 5.97 Å². The Labute approximate surface area is 131 Å². The number of rotatable bonds is 6. The van der Waals surface area contributed by atoms with Crippen LogP contribution in [0.1, 0.15) is 33.6 Å². The van der Waals surface area contributed by atoms with Gasteiger partial charge in [-0.05, 0) is 32.9 Å². The highest BCUT2D eigenvalue weighted by Crippen LogP contribution is 2.31. The number of hydrogen-bond donors (Lipinski definition) is 0. The maximum absolute atomic E-state index is 12.4. The third-order valence-electron chi connectivity index (χ3n) is 3.44. The first-order valence-corrected chi connectivity index (χ1v) is 7.76. The summed E-state index contributed by atoms with van der Waals surface area (Å²) in [6.07, 6.45) is 1.06. The Morgan fingerprint density at radius 3 is 2.59 bits per heavy atom. The molecule has 1 aliphatic rings. The third kappa shape index (κ3) is 4.13. The Hall–Kier alpha value is -1.75. The van der Waals surface area contributed by atoms with E-state index in [4.69, 9.17) is 18.9 Å². The molecule has 0 aromatic heterocycles. The van der Waals surface area contributed by atoms with E-state index in [-0.39, 0.29) is 12.1 Å². The first kappa shape index (κ1) is 16.6. The van der Waals surface area contributed by atoms with Crippen molar-refractivity contribution < 1.29 is 23.7 Å². The van der Waals surface area contributed by atoms with Crippen LogP contribution in [-0.2, 0) is 14.3 Å². The molecule has 0 aliphatic carbocycles. The molecule has 1 aliphatic heterocycles. The van der Waals surface area contributed by atoms with Crippen molar-refractivity contribution in [2.45, 2.75) is 45.3 Å². The van der Waals surface area contributed by atoms with E-state index in [1.807, 2.05) is 32.0 Å². The topological polar surface area (TPSA) is 54.0 Å². The van der Waals surface area contributed by atoms with Crippen molar-refractivity contribution in [1.29, 1.82) is 0 Å². The fraction of sp³-hybridized carbons (Fsp3) is 0.588. The van der Waals surface area contributed by atoms with E-state index in [2.05, 4.69) is 0 Å². The number of esters is 1. The Balaban J connectivity index is 2.18. The van der Waals surface area contributed by atoms with Gasteiger partial charge < -0.3 is 18.9 Å². The second-order valence-electron chi connectivity index (χ2n) is 5.57. The van der Waals surface area contributed by atoms with Gasteiger partial charge in [0.05, 0.1) is 25.9 Å². The van der Waals surface area contributed by atoms with Gasteiger partial charge in [0.1, 0.15) is 11.5 Å². The van der Waals surface area contributed by atoms with Crippen molar-refractivity contribution in [3.63, 3.8) is 0 Å². The summed E-state index contributed by atoms with van der Waals surface area (Å²) >= 11 is 0. The molecule has 0 atom stereocenters. The monoisotopic (exact) mass is 308 g/mol. The van der Waals surface area contributed by atoms with Crippen LogP contribution in [0.3, 0.4) is 0 Å². The van der Waals surface area contributed by atoms with Gasteiger partial charge in [0.25, 0.3) is 0 Å². The zero-order valence-electron chi connectivity index (χ0n) is 13.5. The van der Waals surface area contributed by atoms with Crippen molar-refractivity contribution >= 4 is 5.97 Å². The van der Waals surface area contributed by atoms with E-state index in [1.54, 1.807) is 13.0 Å². The molecule has 22 heavy (non-hydrogen) atoms. The Morgan fingerprint density at radius 1 is 1.27 bits per heavy atom. The van der Waals surface area contributed by atoms with E-state index < -0.39 is 5.60 Å². The lowest BCUT2D eigenvalue weighted by atomic mass is 9.94. The molecule has 5 nitrogen and oxygen atoms in total. The van der Waals surface area contributed by atoms with E-state index in [0.29, 0.717) is 38.4 Å². The summed E-state index contributed by atoms with van der Waals surface area (Å²) in [4.78, 5) is 12.4. The van der Waals surface area contributed by atoms with Gasteiger partial charge in [0.2, 0.25) is 5.60 Å². The SMILES string of the molecule is CCOC(=O)C1(Oc2cccc(OC(C)C)c2)CCOCC1. The van der Waals surface area contributed by atoms with Crippen molar-refractivity contribution in [1.82, 2.24) is 0 Å². The second-order valence-corrected chi connectivity index (χ2v) is 5.57. The molecule has 1 saturated heterocycles. The van der Waals surface area contributed by atoms with Crippen LogP contribution in [0.5, 0.6) is 11.5 Å². The summed E-state index contributed by atoms with van der Waals surface area (Å²) in [5.74, 6) is 1.00. The second kappa shape index (κ2) is 7.49. The molecule has 0 spiro atoms. The summed E-state index contributed by atoms with van der Waals surface area (Å²) in [5.41, 5.74) is -0.968. The van der Waals surface area contributed by atoms with E-state index >= 15 is 0 Å². The van der Waals surface area contributed by atoms with E-state index in [0.717, 1.165) is 5.75 Å². The van der Waals surface area contributed by atoms with Gasteiger partial charge in [-0.3, -0.25) is 0 Å². The lowest BCUT2D eigenvalue weighted by molar-refractivity contribution is -0.170. The fourth-order valence-electron chi connectivity index (χ4n) is 2.42. The molecule has 5 heteroatoms. The molecule has 1 aromatic carbocycles. The van der Waals surface area contributed by atoms with Crippen LogP contribution in [0.2, 0.25) is 0 Å². The molecule has 2 rings (SSSR count). The molecule has 1 fully saturated rings. The van der Waals surface area contributed by atoms with Gasteiger partial charge in [-0.15, -0.1) is 0 Å². The van der Waals surface area contributed by atoms with Crippen LogP contribution in [0.25, 0.3) is 0 Å². The van der Waals surface area contributed by atoms with Crippen LogP contribution < -0.4 is 9.47 Å². The molecule has 0 amide bonds. The van der Waals surface area contributed by atoms with Gasteiger partial charge in [-0.1, -0.05) is 6.07 Å². The van der Waals surface area contributed by atoms with E-state index in [9.17, 15) is 4.79 Å². The standard InChI is InChI=1S/C17H24O5/c1-4-20-16(18)17(8-10-19-11-9-17)22-15-7-5-6-14(12-15)21-13(2)3/h5-7,12-13H,4,8-11H2,1-3H3. The zero-order valence-corrected chi connectivity index (χ0v) is 13.5. The highest BCUT2D eigenvalue weighted by molar-refractivity contribution is 5.80. The van der Waals surface area contributed by atoms with Gasteiger partial charge in [-0.2, -0.15) is 0 Å². The molecule has 0 saturated carbocycles. The third-order valence-corrected chi connectivity index (χ3v) is 3.44. The summed E-state index contributed by atoms with van der Waals surface area (Å²) in [6, 6.07) is 7.35. The molecular weight excluding hydrogens is 284 g/mol. The normalized spacial score (nSPS) is 17.1. The lowest BCUT2D eigenvalue weighted by Crippen LogP contribution is -2.50. The van der Waals surface area contributed by atoms with Crippen molar-refractivity contribution in [2.75, 3.05) is 19.8 Å². The van der Waals surface area contributed by atoms with Gasteiger partial charge in [-0.25, -0.2) is 4.79 Å². The Morgan fingerprint density at radius 2 is 1.95 bits per heavy atom. The number of carbonyl (C=O) groups excluding carboxylic acids is 1. The number of carbonyl (C=O) groups is 1.